The molecule has 0 saturated carbocycles. The standard InChI is InChI=1S/C28H21ClF2N4O5/c1-34-25-19-10-17(29)11-22(31)26(19)40-14-20(25)24(33-34)27(37)35(12-16-5-2-3-8-21(16)30)13-23(36)32-18-7-4-6-15(9-18)28(38)39/h2-11H,12-14H2,1H3,(H,32,36)(H,38,39). The summed E-state index contributed by atoms with van der Waals surface area (Å²) >= 11 is 6.06. The number of carbonyl (C=O) groups excluding carboxylic acids is 2. The van der Waals surface area contributed by atoms with Crippen molar-refractivity contribution in [2.45, 2.75) is 13.2 Å². The average molecular weight is 567 g/mol. The SMILES string of the molecule is Cn1nc(C(=O)N(CC(=O)Nc2cccc(C(=O)O)c2)Cc2ccccc2F)c2c1-c1cc(Cl)cc(F)c1OC2. The van der Waals surface area contributed by atoms with Gasteiger partial charge in [0.1, 0.15) is 19.0 Å². The van der Waals surface area contributed by atoms with Crippen LogP contribution in [0.15, 0.2) is 60.7 Å². The third kappa shape index (κ3) is 5.23. The molecule has 0 bridgehead atoms. The third-order valence-electron chi connectivity index (χ3n) is 6.31. The first-order chi connectivity index (χ1) is 19.1. The van der Waals surface area contributed by atoms with E-state index in [4.69, 9.17) is 16.3 Å². The average Bonchev–Trinajstić information content (AvgIpc) is 3.25. The number of anilines is 1. The van der Waals surface area contributed by atoms with Gasteiger partial charge in [-0.05, 0) is 36.4 Å². The second-order valence-corrected chi connectivity index (χ2v) is 9.48. The molecule has 1 aliphatic rings. The quantitative estimate of drug-likeness (QED) is 0.329. The van der Waals surface area contributed by atoms with Crippen molar-refractivity contribution < 1.29 is 33.0 Å². The fraction of sp³-hybridized carbons (Fsp3) is 0.143. The summed E-state index contributed by atoms with van der Waals surface area (Å²) in [6.07, 6.45) is 0. The zero-order valence-corrected chi connectivity index (χ0v) is 21.7. The van der Waals surface area contributed by atoms with E-state index in [1.807, 2.05) is 0 Å². The molecule has 5 rings (SSSR count). The molecular weight excluding hydrogens is 546 g/mol. The largest absolute Gasteiger partial charge is 0.485 e. The summed E-state index contributed by atoms with van der Waals surface area (Å²) in [6.45, 7) is -0.942. The molecule has 1 aliphatic heterocycles. The van der Waals surface area contributed by atoms with Gasteiger partial charge in [-0.1, -0.05) is 35.9 Å². The Hall–Kier alpha value is -4.77. The Morgan fingerprint density at radius 3 is 2.62 bits per heavy atom. The maximum atomic E-state index is 14.6. The number of rotatable bonds is 7. The molecule has 9 nitrogen and oxygen atoms in total. The van der Waals surface area contributed by atoms with Crippen molar-refractivity contribution in [1.82, 2.24) is 14.7 Å². The molecule has 2 heterocycles. The number of carboxylic acids is 1. The van der Waals surface area contributed by atoms with Gasteiger partial charge in [0, 0.05) is 41.0 Å². The van der Waals surface area contributed by atoms with Crippen molar-refractivity contribution in [2.24, 2.45) is 7.05 Å². The molecule has 0 fully saturated rings. The minimum absolute atomic E-state index is 0.0231. The smallest absolute Gasteiger partial charge is 0.335 e. The minimum atomic E-state index is -1.17. The second kappa shape index (κ2) is 10.8. The first kappa shape index (κ1) is 26.8. The fourth-order valence-corrected chi connectivity index (χ4v) is 4.73. The monoisotopic (exact) mass is 566 g/mol. The van der Waals surface area contributed by atoms with Gasteiger partial charge >= 0.3 is 5.97 Å². The minimum Gasteiger partial charge on any atom is -0.485 e. The van der Waals surface area contributed by atoms with Gasteiger partial charge in [0.25, 0.3) is 5.91 Å². The highest BCUT2D eigenvalue weighted by molar-refractivity contribution is 6.31. The van der Waals surface area contributed by atoms with Crippen LogP contribution >= 0.6 is 11.6 Å². The van der Waals surface area contributed by atoms with Gasteiger partial charge in [0.05, 0.1) is 11.3 Å². The van der Waals surface area contributed by atoms with E-state index in [1.54, 1.807) is 13.1 Å². The van der Waals surface area contributed by atoms with Crippen LogP contribution in [0.4, 0.5) is 14.5 Å². The summed E-state index contributed by atoms with van der Waals surface area (Å²) in [4.78, 5) is 39.2. The molecule has 0 atom stereocenters. The zero-order valence-electron chi connectivity index (χ0n) is 21.0. The van der Waals surface area contributed by atoms with Crippen LogP contribution in [0, 0.1) is 11.6 Å². The van der Waals surface area contributed by atoms with Crippen LogP contribution in [0.2, 0.25) is 5.02 Å². The van der Waals surface area contributed by atoms with Crippen LogP contribution in [0.5, 0.6) is 5.75 Å². The highest BCUT2D eigenvalue weighted by Gasteiger charge is 2.33. The molecule has 204 valence electrons. The number of carboxylic acid groups (broad SMARTS) is 1. The number of nitrogens with zero attached hydrogens (tertiary/aromatic N) is 3. The predicted molar refractivity (Wildman–Crippen MR) is 141 cm³/mol. The molecule has 2 amide bonds. The van der Waals surface area contributed by atoms with Crippen molar-refractivity contribution in [3.8, 4) is 17.0 Å². The van der Waals surface area contributed by atoms with Crippen molar-refractivity contribution >= 4 is 35.1 Å². The Balaban J connectivity index is 1.48. The second-order valence-electron chi connectivity index (χ2n) is 9.04. The lowest BCUT2D eigenvalue weighted by molar-refractivity contribution is -0.117. The van der Waals surface area contributed by atoms with Gasteiger partial charge in [0.15, 0.2) is 17.3 Å². The van der Waals surface area contributed by atoms with E-state index in [0.717, 1.165) is 11.0 Å². The molecule has 0 aliphatic carbocycles. The molecule has 4 aromatic rings. The number of aryl methyl sites for hydroxylation is 1. The third-order valence-corrected chi connectivity index (χ3v) is 6.52. The molecule has 0 unspecified atom stereocenters. The number of ether oxygens (including phenoxy) is 1. The molecule has 0 spiro atoms. The fourth-order valence-electron chi connectivity index (χ4n) is 4.53. The number of aromatic carboxylic acids is 1. The number of amides is 2. The summed E-state index contributed by atoms with van der Waals surface area (Å²) in [6, 6.07) is 14.1. The summed E-state index contributed by atoms with van der Waals surface area (Å²) in [7, 11) is 1.58. The number of fused-ring (bicyclic) bond motifs is 3. The highest BCUT2D eigenvalue weighted by Crippen LogP contribution is 2.42. The maximum Gasteiger partial charge on any atom is 0.335 e. The van der Waals surface area contributed by atoms with E-state index in [9.17, 15) is 28.3 Å². The van der Waals surface area contributed by atoms with Crippen LogP contribution in [0.1, 0.15) is 32.0 Å². The Bertz CT molecular complexity index is 1670. The molecular formula is C28H21ClF2N4O5. The predicted octanol–water partition coefficient (Wildman–Crippen LogP) is 4.89. The van der Waals surface area contributed by atoms with Gasteiger partial charge in [-0.15, -0.1) is 0 Å². The van der Waals surface area contributed by atoms with E-state index in [1.165, 1.54) is 53.2 Å². The van der Waals surface area contributed by atoms with Crippen LogP contribution in [0.3, 0.4) is 0 Å². The Labute approximate surface area is 231 Å². The Kier molecular flexibility index (Phi) is 7.22. The first-order valence-corrected chi connectivity index (χ1v) is 12.3. The van der Waals surface area contributed by atoms with Crippen molar-refractivity contribution in [2.75, 3.05) is 11.9 Å². The van der Waals surface area contributed by atoms with Gasteiger partial charge in [-0.2, -0.15) is 5.10 Å². The molecule has 1 aromatic heterocycles. The van der Waals surface area contributed by atoms with Gasteiger partial charge < -0.3 is 20.1 Å². The topological polar surface area (TPSA) is 114 Å². The number of nitrogens with one attached hydrogen (secondary N) is 1. The summed E-state index contributed by atoms with van der Waals surface area (Å²) < 4.78 is 36.1. The summed E-state index contributed by atoms with van der Waals surface area (Å²) in [5, 5.41) is 16.3. The Morgan fingerprint density at radius 2 is 1.88 bits per heavy atom. The van der Waals surface area contributed by atoms with Gasteiger partial charge in [0.2, 0.25) is 5.91 Å². The number of benzene rings is 3. The van der Waals surface area contributed by atoms with Crippen LogP contribution < -0.4 is 10.1 Å². The summed E-state index contributed by atoms with van der Waals surface area (Å²) in [5.41, 5.74) is 1.38. The molecule has 0 radical (unpaired) electrons. The van der Waals surface area contributed by atoms with Crippen LogP contribution in [-0.4, -0.2) is 44.1 Å². The normalized spacial score (nSPS) is 11.7. The maximum absolute atomic E-state index is 14.6. The molecule has 12 heteroatoms. The molecule has 3 aromatic carbocycles. The number of aromatic nitrogens is 2. The highest BCUT2D eigenvalue weighted by atomic mass is 35.5. The van der Waals surface area contributed by atoms with Crippen molar-refractivity contribution in [3.63, 3.8) is 0 Å². The molecule has 2 N–H and O–H groups in total. The number of hydrogen-bond acceptors (Lipinski definition) is 5. The number of halogens is 3. The van der Waals surface area contributed by atoms with Gasteiger partial charge in [-0.3, -0.25) is 14.3 Å². The van der Waals surface area contributed by atoms with E-state index >= 15 is 0 Å². The van der Waals surface area contributed by atoms with Crippen molar-refractivity contribution in [3.05, 3.63) is 99.7 Å². The number of carbonyl (C=O) groups is 3. The van der Waals surface area contributed by atoms with E-state index in [-0.39, 0.29) is 46.4 Å². The lowest BCUT2D eigenvalue weighted by Crippen LogP contribution is -2.38. The lowest BCUT2D eigenvalue weighted by atomic mass is 10.0. The lowest BCUT2D eigenvalue weighted by Gasteiger charge is -2.23. The zero-order chi connectivity index (χ0) is 28.6. The van der Waals surface area contributed by atoms with E-state index in [0.29, 0.717) is 16.8 Å². The van der Waals surface area contributed by atoms with Crippen LogP contribution in [-0.2, 0) is 25.0 Å². The number of hydrogen-bond donors (Lipinski definition) is 2. The van der Waals surface area contributed by atoms with Crippen LogP contribution in [0.25, 0.3) is 11.3 Å². The van der Waals surface area contributed by atoms with E-state index in [2.05, 4.69) is 10.4 Å². The van der Waals surface area contributed by atoms with Crippen molar-refractivity contribution in [1.29, 1.82) is 0 Å². The summed E-state index contributed by atoms with van der Waals surface area (Å²) in [5.74, 6) is -3.76. The first-order valence-electron chi connectivity index (χ1n) is 12.0. The Morgan fingerprint density at radius 1 is 1.10 bits per heavy atom. The molecule has 0 saturated heterocycles. The van der Waals surface area contributed by atoms with E-state index < -0.39 is 36.0 Å². The molecule has 40 heavy (non-hydrogen) atoms. The van der Waals surface area contributed by atoms with Gasteiger partial charge in [-0.25, -0.2) is 13.6 Å².